The molecule has 1 aliphatic rings. The SMILES string of the molecule is C=CS(=O)(=O)N(C)C1(C(=O)OC)CC1. The third kappa shape index (κ3) is 1.55. The highest BCUT2D eigenvalue weighted by atomic mass is 32.2. The highest BCUT2D eigenvalue weighted by molar-refractivity contribution is 7.92. The molecular weight excluding hydrogens is 206 g/mol. The summed E-state index contributed by atoms with van der Waals surface area (Å²) < 4.78 is 28.4. The lowest BCUT2D eigenvalue weighted by Crippen LogP contribution is -2.44. The summed E-state index contributed by atoms with van der Waals surface area (Å²) in [5, 5.41) is 0.829. The molecule has 0 N–H and O–H groups in total. The third-order valence-electron chi connectivity index (χ3n) is 2.48. The van der Waals surface area contributed by atoms with Crippen LogP contribution in [0.2, 0.25) is 0 Å². The second kappa shape index (κ2) is 3.36. The number of esters is 1. The molecule has 5 nitrogen and oxygen atoms in total. The zero-order chi connectivity index (χ0) is 11.0. The van der Waals surface area contributed by atoms with E-state index < -0.39 is 21.5 Å². The van der Waals surface area contributed by atoms with Crippen LogP contribution in [-0.4, -0.2) is 38.4 Å². The molecular formula is C8H13NO4S. The van der Waals surface area contributed by atoms with Gasteiger partial charge in [0, 0.05) is 12.5 Å². The van der Waals surface area contributed by atoms with Crippen molar-refractivity contribution in [3.05, 3.63) is 12.0 Å². The van der Waals surface area contributed by atoms with Crippen molar-refractivity contribution in [3.8, 4) is 0 Å². The second-order valence-electron chi connectivity index (χ2n) is 3.20. The quantitative estimate of drug-likeness (QED) is 0.629. The normalized spacial score (nSPS) is 19.1. The predicted molar refractivity (Wildman–Crippen MR) is 50.9 cm³/mol. The fourth-order valence-corrected chi connectivity index (χ4v) is 2.28. The van der Waals surface area contributed by atoms with Gasteiger partial charge in [-0.25, -0.2) is 8.42 Å². The van der Waals surface area contributed by atoms with Crippen LogP contribution in [0.4, 0.5) is 0 Å². The van der Waals surface area contributed by atoms with Gasteiger partial charge < -0.3 is 4.74 Å². The van der Waals surface area contributed by atoms with Gasteiger partial charge in [0.1, 0.15) is 5.54 Å². The van der Waals surface area contributed by atoms with Crippen molar-refractivity contribution < 1.29 is 17.9 Å². The Morgan fingerprint density at radius 1 is 1.57 bits per heavy atom. The maximum Gasteiger partial charge on any atom is 0.327 e. The number of methoxy groups -OCH3 is 1. The second-order valence-corrected chi connectivity index (χ2v) is 5.11. The molecule has 6 heteroatoms. The van der Waals surface area contributed by atoms with Gasteiger partial charge in [0.2, 0.25) is 10.0 Å². The monoisotopic (exact) mass is 219 g/mol. The molecule has 0 aromatic carbocycles. The Bertz CT molecular complexity index is 356. The van der Waals surface area contributed by atoms with Crippen molar-refractivity contribution in [1.82, 2.24) is 4.31 Å². The van der Waals surface area contributed by atoms with Crippen LogP contribution < -0.4 is 0 Å². The summed E-state index contributed by atoms with van der Waals surface area (Å²) in [6.07, 6.45) is 1.01. The fraction of sp³-hybridized carbons (Fsp3) is 0.625. The minimum absolute atomic E-state index is 0.503. The average Bonchev–Trinajstić information content (AvgIpc) is 2.96. The third-order valence-corrected chi connectivity index (χ3v) is 4.02. The molecule has 1 fully saturated rings. The van der Waals surface area contributed by atoms with Gasteiger partial charge in [0.25, 0.3) is 0 Å². The molecule has 0 amide bonds. The van der Waals surface area contributed by atoms with Crippen molar-refractivity contribution >= 4 is 16.0 Å². The molecule has 0 aromatic heterocycles. The number of carbonyl (C=O) groups is 1. The van der Waals surface area contributed by atoms with E-state index in [2.05, 4.69) is 11.3 Å². The summed E-state index contributed by atoms with van der Waals surface area (Å²) >= 11 is 0. The highest BCUT2D eigenvalue weighted by Gasteiger charge is 2.57. The molecule has 1 aliphatic carbocycles. The molecule has 0 radical (unpaired) electrons. The van der Waals surface area contributed by atoms with E-state index in [1.807, 2.05) is 0 Å². The first-order valence-corrected chi connectivity index (χ1v) is 5.61. The summed E-state index contributed by atoms with van der Waals surface area (Å²) in [5.41, 5.74) is -0.984. The minimum Gasteiger partial charge on any atom is -0.468 e. The maximum atomic E-state index is 11.4. The maximum absolute atomic E-state index is 11.4. The molecule has 0 heterocycles. The average molecular weight is 219 g/mol. The summed E-state index contributed by atoms with van der Waals surface area (Å²) in [6, 6.07) is 0. The van der Waals surface area contributed by atoms with E-state index in [-0.39, 0.29) is 0 Å². The molecule has 0 atom stereocenters. The lowest BCUT2D eigenvalue weighted by atomic mass is 10.3. The molecule has 1 saturated carbocycles. The van der Waals surface area contributed by atoms with Gasteiger partial charge in [0.15, 0.2) is 0 Å². The van der Waals surface area contributed by atoms with E-state index >= 15 is 0 Å². The van der Waals surface area contributed by atoms with E-state index in [0.29, 0.717) is 12.8 Å². The largest absolute Gasteiger partial charge is 0.468 e. The minimum atomic E-state index is -3.55. The molecule has 1 rings (SSSR count). The highest BCUT2D eigenvalue weighted by Crippen LogP contribution is 2.43. The smallest absolute Gasteiger partial charge is 0.327 e. The first-order chi connectivity index (χ1) is 6.40. The molecule has 80 valence electrons. The van der Waals surface area contributed by atoms with Crippen LogP contribution in [0.5, 0.6) is 0 Å². The predicted octanol–water partition coefficient (Wildman–Crippen LogP) is 0.0971. The van der Waals surface area contributed by atoms with Crippen LogP contribution in [0.1, 0.15) is 12.8 Å². The van der Waals surface area contributed by atoms with Gasteiger partial charge in [-0.15, -0.1) is 0 Å². The van der Waals surface area contributed by atoms with E-state index in [9.17, 15) is 13.2 Å². The van der Waals surface area contributed by atoms with E-state index in [4.69, 9.17) is 0 Å². The number of ether oxygens (including phenoxy) is 1. The zero-order valence-corrected chi connectivity index (χ0v) is 9.00. The van der Waals surface area contributed by atoms with Crippen molar-refractivity contribution in [2.24, 2.45) is 0 Å². The molecule has 0 bridgehead atoms. The molecule has 14 heavy (non-hydrogen) atoms. The first-order valence-electron chi connectivity index (χ1n) is 4.10. The van der Waals surface area contributed by atoms with Crippen LogP contribution in [0.25, 0.3) is 0 Å². The van der Waals surface area contributed by atoms with Crippen LogP contribution in [0, 0.1) is 0 Å². The number of hydrogen-bond acceptors (Lipinski definition) is 4. The summed E-state index contributed by atoms with van der Waals surface area (Å²) in [7, 11) is -0.943. The van der Waals surface area contributed by atoms with Gasteiger partial charge in [-0.3, -0.25) is 4.79 Å². The molecule has 0 aromatic rings. The van der Waals surface area contributed by atoms with Crippen LogP contribution in [0.3, 0.4) is 0 Å². The molecule has 0 aliphatic heterocycles. The number of nitrogens with zero attached hydrogens (tertiary/aromatic N) is 1. The van der Waals surface area contributed by atoms with Crippen molar-refractivity contribution in [1.29, 1.82) is 0 Å². The van der Waals surface area contributed by atoms with Crippen molar-refractivity contribution in [3.63, 3.8) is 0 Å². The summed E-state index contributed by atoms with van der Waals surface area (Å²) in [6.45, 7) is 3.20. The number of hydrogen-bond donors (Lipinski definition) is 0. The number of carbonyl (C=O) groups excluding carboxylic acids is 1. The molecule has 0 spiro atoms. The van der Waals surface area contributed by atoms with Gasteiger partial charge >= 0.3 is 5.97 Å². The Balaban J connectivity index is 2.96. The van der Waals surface area contributed by atoms with Crippen molar-refractivity contribution in [2.75, 3.05) is 14.2 Å². The standard InChI is InChI=1S/C8H13NO4S/c1-4-14(11,12)9(2)8(5-6-8)7(10)13-3/h4H,1,5-6H2,2-3H3. The topological polar surface area (TPSA) is 63.7 Å². The number of likely N-dealkylation sites (N-methyl/N-ethyl adjacent to an activating group) is 1. The van der Waals surface area contributed by atoms with E-state index in [1.54, 1.807) is 0 Å². The Kier molecular flexibility index (Phi) is 2.69. The van der Waals surface area contributed by atoms with E-state index in [0.717, 1.165) is 9.71 Å². The Morgan fingerprint density at radius 3 is 2.36 bits per heavy atom. The Morgan fingerprint density at radius 2 is 2.07 bits per heavy atom. The Labute approximate surface area is 83.4 Å². The lowest BCUT2D eigenvalue weighted by molar-refractivity contribution is -0.146. The zero-order valence-electron chi connectivity index (χ0n) is 8.19. The molecule has 0 unspecified atom stereocenters. The van der Waals surface area contributed by atoms with Gasteiger partial charge in [0.05, 0.1) is 7.11 Å². The van der Waals surface area contributed by atoms with Crippen LogP contribution in [0.15, 0.2) is 12.0 Å². The van der Waals surface area contributed by atoms with Crippen molar-refractivity contribution in [2.45, 2.75) is 18.4 Å². The van der Waals surface area contributed by atoms with Gasteiger partial charge in [-0.05, 0) is 12.8 Å². The summed E-state index contributed by atoms with van der Waals surface area (Å²) in [4.78, 5) is 11.3. The first kappa shape index (κ1) is 11.2. The number of rotatable bonds is 4. The molecule has 0 saturated heterocycles. The Hall–Kier alpha value is -0.880. The number of sulfonamides is 1. The van der Waals surface area contributed by atoms with Crippen LogP contribution >= 0.6 is 0 Å². The lowest BCUT2D eigenvalue weighted by Gasteiger charge is -2.23. The fourth-order valence-electron chi connectivity index (χ4n) is 1.31. The van der Waals surface area contributed by atoms with E-state index in [1.165, 1.54) is 14.2 Å². The van der Waals surface area contributed by atoms with Gasteiger partial charge in [-0.1, -0.05) is 6.58 Å². The van der Waals surface area contributed by atoms with Crippen LogP contribution in [-0.2, 0) is 19.6 Å². The summed E-state index contributed by atoms with van der Waals surface area (Å²) in [5.74, 6) is -0.509. The van der Waals surface area contributed by atoms with Gasteiger partial charge in [-0.2, -0.15) is 4.31 Å².